The number of halogens is 2. The van der Waals surface area contributed by atoms with Crippen molar-refractivity contribution in [3.05, 3.63) is 37.2 Å². The number of hydrogen-bond donors (Lipinski definition) is 0. The lowest BCUT2D eigenvalue weighted by atomic mass is 10.2. The van der Waals surface area contributed by atoms with Crippen LogP contribution in [0.3, 0.4) is 0 Å². The zero-order valence-electron chi connectivity index (χ0n) is 9.07. The van der Waals surface area contributed by atoms with Gasteiger partial charge in [0.2, 0.25) is 0 Å². The van der Waals surface area contributed by atoms with Gasteiger partial charge in [0.15, 0.2) is 0 Å². The molecule has 0 unspecified atom stereocenters. The summed E-state index contributed by atoms with van der Waals surface area (Å²) in [4.78, 5) is 21.4. The predicted octanol–water partition coefficient (Wildman–Crippen LogP) is 2.93. The zero-order chi connectivity index (χ0) is 12.8. The van der Waals surface area contributed by atoms with E-state index >= 15 is 0 Å². The van der Waals surface area contributed by atoms with Gasteiger partial charge in [0.1, 0.15) is 0 Å². The fraction of sp³-hybridized carbons (Fsp3) is 0.500. The molecule has 0 fully saturated rings. The molecule has 0 spiro atoms. The van der Waals surface area contributed by atoms with Gasteiger partial charge in [0.25, 0.3) is 5.43 Å². The van der Waals surface area contributed by atoms with E-state index in [4.69, 9.17) is 11.6 Å². The minimum atomic E-state index is -0.664. The lowest BCUT2D eigenvalue weighted by molar-refractivity contribution is -0.386. The van der Waals surface area contributed by atoms with Crippen molar-refractivity contribution in [3.8, 4) is 0 Å². The molecular weight excluding hydrogens is 311 g/mol. The van der Waals surface area contributed by atoms with E-state index in [1.165, 1.54) is 6.20 Å². The van der Waals surface area contributed by atoms with Crippen molar-refractivity contribution in [3.63, 3.8) is 0 Å². The molecule has 1 heterocycles. The van der Waals surface area contributed by atoms with E-state index in [-0.39, 0.29) is 4.47 Å². The zero-order valence-corrected chi connectivity index (χ0v) is 11.4. The van der Waals surface area contributed by atoms with Crippen LogP contribution in [0.15, 0.2) is 21.7 Å². The lowest BCUT2D eigenvalue weighted by Crippen LogP contribution is -2.13. The highest BCUT2D eigenvalue weighted by molar-refractivity contribution is 9.10. The fourth-order valence-corrected chi connectivity index (χ4v) is 2.06. The van der Waals surface area contributed by atoms with Crippen LogP contribution < -0.4 is 5.43 Å². The fourth-order valence-electron chi connectivity index (χ4n) is 1.40. The molecule has 1 aromatic rings. The average Bonchev–Trinajstić information content (AvgIpc) is 2.28. The Balaban J connectivity index is 2.80. The highest BCUT2D eigenvalue weighted by Gasteiger charge is 2.15. The Morgan fingerprint density at radius 3 is 2.65 bits per heavy atom. The first-order valence-electron chi connectivity index (χ1n) is 5.16. The molecule has 0 aliphatic heterocycles. The minimum absolute atomic E-state index is 0.212. The molecule has 0 saturated carbocycles. The summed E-state index contributed by atoms with van der Waals surface area (Å²) in [5.41, 5.74) is -0.997. The number of aryl methyl sites for hydroxylation is 1. The third kappa shape index (κ3) is 4.12. The van der Waals surface area contributed by atoms with Gasteiger partial charge >= 0.3 is 5.69 Å². The molecule has 0 aliphatic carbocycles. The topological polar surface area (TPSA) is 65.1 Å². The molecule has 0 aliphatic rings. The Morgan fingerprint density at radius 1 is 1.35 bits per heavy atom. The van der Waals surface area contributed by atoms with Crippen LogP contribution in [0.1, 0.15) is 19.3 Å². The summed E-state index contributed by atoms with van der Waals surface area (Å²) in [6, 6.07) is 0. The van der Waals surface area contributed by atoms with Gasteiger partial charge in [-0.15, -0.1) is 11.6 Å². The third-order valence-electron chi connectivity index (χ3n) is 2.26. The van der Waals surface area contributed by atoms with Gasteiger partial charge in [-0.3, -0.25) is 14.9 Å². The van der Waals surface area contributed by atoms with Gasteiger partial charge in [-0.1, -0.05) is 6.42 Å². The standard InChI is InChI=1S/C10H12BrClN2O3/c11-8-6-13(5-3-1-2-4-12)7-9(10(8)15)14(16)17/h6-7H,1-5H2. The Hall–Kier alpha value is -0.880. The summed E-state index contributed by atoms with van der Waals surface area (Å²) in [6.07, 6.45) is 5.59. The molecule has 7 heteroatoms. The van der Waals surface area contributed by atoms with E-state index < -0.39 is 16.0 Å². The Kier molecular flexibility index (Phi) is 5.64. The Labute approximate surface area is 112 Å². The Morgan fingerprint density at radius 2 is 2.06 bits per heavy atom. The van der Waals surface area contributed by atoms with Gasteiger partial charge in [0, 0.05) is 18.6 Å². The van der Waals surface area contributed by atoms with E-state index in [2.05, 4.69) is 15.9 Å². The molecular formula is C10H12BrClN2O3. The normalized spacial score (nSPS) is 10.5. The molecule has 94 valence electrons. The van der Waals surface area contributed by atoms with E-state index in [0.717, 1.165) is 19.3 Å². The van der Waals surface area contributed by atoms with Crippen LogP contribution in [0, 0.1) is 10.1 Å². The monoisotopic (exact) mass is 322 g/mol. The van der Waals surface area contributed by atoms with Crippen LogP contribution in [0.4, 0.5) is 5.69 Å². The van der Waals surface area contributed by atoms with Crippen molar-refractivity contribution in [1.82, 2.24) is 4.57 Å². The number of hydrogen-bond acceptors (Lipinski definition) is 3. The van der Waals surface area contributed by atoms with Crippen LogP contribution in [0.2, 0.25) is 0 Å². The predicted molar refractivity (Wildman–Crippen MR) is 69.6 cm³/mol. The molecule has 0 bridgehead atoms. The third-order valence-corrected chi connectivity index (χ3v) is 3.10. The number of nitro groups is 1. The number of alkyl halides is 1. The molecule has 1 rings (SSSR count). The first-order valence-corrected chi connectivity index (χ1v) is 6.49. The number of nitrogens with zero attached hydrogens (tertiary/aromatic N) is 2. The molecule has 17 heavy (non-hydrogen) atoms. The Bertz CT molecular complexity index is 461. The molecule has 0 saturated heterocycles. The maximum atomic E-state index is 11.4. The molecule has 0 N–H and O–H groups in total. The van der Waals surface area contributed by atoms with Crippen molar-refractivity contribution < 1.29 is 4.92 Å². The largest absolute Gasteiger partial charge is 0.347 e. The number of rotatable bonds is 6. The van der Waals surface area contributed by atoms with Crippen molar-refractivity contribution in [2.75, 3.05) is 5.88 Å². The van der Waals surface area contributed by atoms with Crippen LogP contribution >= 0.6 is 27.5 Å². The number of unbranched alkanes of at least 4 members (excludes halogenated alkanes) is 2. The minimum Gasteiger partial charge on any atom is -0.347 e. The maximum absolute atomic E-state index is 11.4. The van der Waals surface area contributed by atoms with Crippen LogP contribution in [0.5, 0.6) is 0 Å². The summed E-state index contributed by atoms with van der Waals surface area (Å²) in [6.45, 7) is 0.636. The van der Waals surface area contributed by atoms with Crippen molar-refractivity contribution in [2.45, 2.75) is 25.8 Å². The van der Waals surface area contributed by atoms with Crippen LogP contribution in [0.25, 0.3) is 0 Å². The molecule has 1 aromatic heterocycles. The molecule has 0 atom stereocenters. The van der Waals surface area contributed by atoms with E-state index in [0.29, 0.717) is 12.4 Å². The summed E-state index contributed by atoms with van der Waals surface area (Å²) in [5, 5.41) is 10.7. The molecule has 0 amide bonds. The number of aromatic nitrogens is 1. The second kappa shape index (κ2) is 6.76. The van der Waals surface area contributed by atoms with Crippen molar-refractivity contribution in [1.29, 1.82) is 0 Å². The molecule has 5 nitrogen and oxygen atoms in total. The summed E-state index contributed by atoms with van der Waals surface area (Å²) in [7, 11) is 0. The van der Waals surface area contributed by atoms with Crippen molar-refractivity contribution in [2.24, 2.45) is 0 Å². The van der Waals surface area contributed by atoms with Gasteiger partial charge in [-0.05, 0) is 28.8 Å². The highest BCUT2D eigenvalue weighted by atomic mass is 79.9. The van der Waals surface area contributed by atoms with Gasteiger partial charge < -0.3 is 4.57 Å². The average molecular weight is 324 g/mol. The summed E-state index contributed by atoms with van der Waals surface area (Å²) >= 11 is 8.58. The van der Waals surface area contributed by atoms with Crippen molar-refractivity contribution >= 4 is 33.2 Å². The molecule has 0 radical (unpaired) electrons. The maximum Gasteiger partial charge on any atom is 0.333 e. The summed E-state index contributed by atoms with van der Waals surface area (Å²) < 4.78 is 1.86. The lowest BCUT2D eigenvalue weighted by Gasteiger charge is -2.06. The first-order chi connectivity index (χ1) is 8.06. The van der Waals surface area contributed by atoms with Gasteiger partial charge in [-0.2, -0.15) is 0 Å². The second-order valence-corrected chi connectivity index (χ2v) is 4.80. The van der Waals surface area contributed by atoms with E-state index in [1.54, 1.807) is 10.8 Å². The molecule has 0 aromatic carbocycles. The summed E-state index contributed by atoms with van der Waals surface area (Å²) in [5.74, 6) is 0.619. The van der Waals surface area contributed by atoms with E-state index in [9.17, 15) is 14.9 Å². The van der Waals surface area contributed by atoms with Gasteiger partial charge in [0.05, 0.1) is 15.6 Å². The highest BCUT2D eigenvalue weighted by Crippen LogP contribution is 2.12. The van der Waals surface area contributed by atoms with E-state index in [1.807, 2.05) is 0 Å². The number of pyridine rings is 1. The SMILES string of the molecule is O=c1c(Br)cn(CCCCCCl)cc1[N+](=O)[O-]. The van der Waals surface area contributed by atoms with Crippen LogP contribution in [-0.4, -0.2) is 15.4 Å². The quantitative estimate of drug-likeness (QED) is 0.350. The van der Waals surface area contributed by atoms with Crippen LogP contribution in [-0.2, 0) is 6.54 Å². The second-order valence-electron chi connectivity index (χ2n) is 3.57. The first kappa shape index (κ1) is 14.2. The van der Waals surface area contributed by atoms with Gasteiger partial charge in [-0.25, -0.2) is 0 Å². The smallest absolute Gasteiger partial charge is 0.333 e.